The Morgan fingerprint density at radius 2 is 1.82 bits per heavy atom. The van der Waals surface area contributed by atoms with Gasteiger partial charge in [0.2, 0.25) is 10.0 Å². The van der Waals surface area contributed by atoms with E-state index < -0.39 is 15.4 Å². The van der Waals surface area contributed by atoms with Crippen LogP contribution in [-0.2, 0) is 14.8 Å². The van der Waals surface area contributed by atoms with Crippen molar-refractivity contribution >= 4 is 10.0 Å². The van der Waals surface area contributed by atoms with Crippen molar-refractivity contribution in [1.29, 1.82) is 0 Å². The average molecular weight is 327 g/mol. The lowest BCUT2D eigenvalue weighted by atomic mass is 9.81. The average Bonchev–Trinajstić information content (AvgIpc) is 2.54. The Hall–Kier alpha value is -0.950. The lowest BCUT2D eigenvalue weighted by Crippen LogP contribution is -2.43. The zero-order chi connectivity index (χ0) is 16.2. The molecule has 1 aliphatic heterocycles. The van der Waals surface area contributed by atoms with Crippen LogP contribution < -0.4 is 4.72 Å². The fourth-order valence-corrected chi connectivity index (χ4v) is 3.72. The summed E-state index contributed by atoms with van der Waals surface area (Å²) < 4.78 is 32.7. The maximum Gasteiger partial charge on any atom is 0.240 e. The summed E-state index contributed by atoms with van der Waals surface area (Å²) in [5.41, 5.74) is 0.693. The van der Waals surface area contributed by atoms with Gasteiger partial charge in [-0.2, -0.15) is 0 Å². The van der Waals surface area contributed by atoms with Gasteiger partial charge in [-0.1, -0.05) is 26.0 Å². The van der Waals surface area contributed by atoms with Crippen LogP contribution in [-0.4, -0.2) is 39.9 Å². The highest BCUT2D eigenvalue weighted by Crippen LogP contribution is 2.29. The van der Waals surface area contributed by atoms with E-state index in [1.165, 1.54) is 0 Å². The van der Waals surface area contributed by atoms with Crippen LogP contribution in [0.2, 0.25) is 0 Å². The van der Waals surface area contributed by atoms with Gasteiger partial charge in [0.25, 0.3) is 0 Å². The van der Waals surface area contributed by atoms with Crippen molar-refractivity contribution < 1.29 is 18.3 Å². The van der Waals surface area contributed by atoms with Gasteiger partial charge in [0.05, 0.1) is 11.5 Å². The van der Waals surface area contributed by atoms with Crippen LogP contribution in [0.25, 0.3) is 0 Å². The highest BCUT2D eigenvalue weighted by atomic mass is 32.2. The summed E-state index contributed by atoms with van der Waals surface area (Å²) in [4.78, 5) is 0.261. The minimum absolute atomic E-state index is 0.0365. The van der Waals surface area contributed by atoms with Crippen LogP contribution >= 0.6 is 0 Å². The second-order valence-electron chi connectivity index (χ2n) is 6.32. The van der Waals surface area contributed by atoms with Crippen molar-refractivity contribution in [3.63, 3.8) is 0 Å². The number of hydrogen-bond donors (Lipinski definition) is 2. The fourth-order valence-electron chi connectivity index (χ4n) is 2.56. The first-order valence-electron chi connectivity index (χ1n) is 7.67. The number of rotatable bonds is 6. The summed E-state index contributed by atoms with van der Waals surface area (Å²) in [5.74, 6) is 0.365. The summed E-state index contributed by atoms with van der Waals surface area (Å²) in [6, 6.07) is 6.95. The van der Waals surface area contributed by atoms with Crippen molar-refractivity contribution in [2.45, 2.75) is 37.5 Å². The molecule has 1 fully saturated rings. The lowest BCUT2D eigenvalue weighted by molar-refractivity contribution is -0.0126. The minimum atomic E-state index is -3.55. The number of aliphatic hydroxyl groups is 1. The molecular formula is C16H25NO4S. The van der Waals surface area contributed by atoms with E-state index in [2.05, 4.69) is 18.6 Å². The Balaban J connectivity index is 2.07. The van der Waals surface area contributed by atoms with Crippen molar-refractivity contribution in [2.75, 3.05) is 26.4 Å². The van der Waals surface area contributed by atoms with Gasteiger partial charge in [-0.05, 0) is 36.5 Å². The van der Waals surface area contributed by atoms with Crippen molar-refractivity contribution in [3.05, 3.63) is 29.8 Å². The predicted molar refractivity (Wildman–Crippen MR) is 85.3 cm³/mol. The van der Waals surface area contributed by atoms with Crippen LogP contribution in [0.4, 0.5) is 0 Å². The Morgan fingerprint density at radius 3 is 2.32 bits per heavy atom. The molecule has 0 bridgehead atoms. The van der Waals surface area contributed by atoms with Gasteiger partial charge in [0.15, 0.2) is 0 Å². The molecule has 5 nitrogen and oxygen atoms in total. The molecule has 1 aromatic rings. The summed E-state index contributed by atoms with van der Waals surface area (Å²) in [6.45, 7) is 5.46. The summed E-state index contributed by atoms with van der Waals surface area (Å²) >= 11 is 0. The van der Waals surface area contributed by atoms with Gasteiger partial charge in [-0.3, -0.25) is 0 Å². The number of nitrogens with one attached hydrogen (secondary N) is 1. The van der Waals surface area contributed by atoms with Crippen LogP contribution in [0.5, 0.6) is 0 Å². The Labute approximate surface area is 132 Å². The van der Waals surface area contributed by atoms with Crippen LogP contribution in [0.3, 0.4) is 0 Å². The van der Waals surface area contributed by atoms with Gasteiger partial charge in [0.1, 0.15) is 0 Å². The molecule has 0 aliphatic carbocycles. The topological polar surface area (TPSA) is 75.6 Å². The number of sulfonamides is 1. The number of benzene rings is 1. The third kappa shape index (κ3) is 4.07. The molecule has 1 aliphatic rings. The maximum absolute atomic E-state index is 12.4. The van der Waals surface area contributed by atoms with Gasteiger partial charge >= 0.3 is 0 Å². The molecule has 6 heteroatoms. The van der Waals surface area contributed by atoms with Crippen molar-refractivity contribution in [1.82, 2.24) is 4.72 Å². The third-order valence-corrected chi connectivity index (χ3v) is 5.80. The lowest BCUT2D eigenvalue weighted by Gasteiger charge is -2.35. The SMILES string of the molecule is CC(C)c1ccc(S(=O)(=O)NCC2(CO)CCOCC2)cc1. The van der Waals surface area contributed by atoms with Gasteiger partial charge < -0.3 is 9.84 Å². The highest BCUT2D eigenvalue weighted by Gasteiger charge is 2.33. The van der Waals surface area contributed by atoms with Gasteiger partial charge in [0, 0.05) is 25.2 Å². The van der Waals surface area contributed by atoms with E-state index in [0.29, 0.717) is 32.0 Å². The minimum Gasteiger partial charge on any atom is -0.396 e. The number of hydrogen-bond acceptors (Lipinski definition) is 4. The molecule has 22 heavy (non-hydrogen) atoms. The van der Waals surface area contributed by atoms with E-state index in [1.54, 1.807) is 12.1 Å². The molecule has 1 saturated heterocycles. The van der Waals surface area contributed by atoms with Crippen LogP contribution in [0, 0.1) is 5.41 Å². The molecule has 1 heterocycles. The van der Waals surface area contributed by atoms with Gasteiger partial charge in [-0.15, -0.1) is 0 Å². The molecule has 0 atom stereocenters. The molecular weight excluding hydrogens is 302 g/mol. The molecule has 0 aromatic heterocycles. The molecule has 0 amide bonds. The largest absolute Gasteiger partial charge is 0.396 e. The molecule has 0 saturated carbocycles. The maximum atomic E-state index is 12.4. The highest BCUT2D eigenvalue weighted by molar-refractivity contribution is 7.89. The molecule has 0 radical (unpaired) electrons. The first-order chi connectivity index (χ1) is 10.4. The quantitative estimate of drug-likeness (QED) is 0.836. The number of ether oxygens (including phenoxy) is 1. The normalized spacial score (nSPS) is 18.5. The second-order valence-corrected chi connectivity index (χ2v) is 8.09. The van der Waals surface area contributed by atoms with Crippen molar-refractivity contribution in [2.24, 2.45) is 5.41 Å². The van der Waals surface area contributed by atoms with Gasteiger partial charge in [-0.25, -0.2) is 13.1 Å². The van der Waals surface area contributed by atoms with E-state index in [1.807, 2.05) is 12.1 Å². The zero-order valence-corrected chi connectivity index (χ0v) is 14.0. The molecule has 2 rings (SSSR count). The molecule has 2 N–H and O–H groups in total. The molecule has 124 valence electrons. The van der Waals surface area contributed by atoms with E-state index in [9.17, 15) is 13.5 Å². The second kappa shape index (κ2) is 7.08. The molecule has 1 aromatic carbocycles. The summed E-state index contributed by atoms with van der Waals surface area (Å²) in [7, 11) is -3.55. The molecule has 0 spiro atoms. The third-order valence-electron chi connectivity index (χ3n) is 4.38. The predicted octanol–water partition coefficient (Wildman–Crippen LogP) is 1.88. The van der Waals surface area contributed by atoms with E-state index in [0.717, 1.165) is 5.56 Å². The van der Waals surface area contributed by atoms with E-state index in [4.69, 9.17) is 4.74 Å². The molecule has 0 unspecified atom stereocenters. The first kappa shape index (κ1) is 17.4. The smallest absolute Gasteiger partial charge is 0.240 e. The monoisotopic (exact) mass is 327 g/mol. The van der Waals surface area contributed by atoms with Crippen molar-refractivity contribution in [3.8, 4) is 0 Å². The standard InChI is InChI=1S/C16H25NO4S/c1-13(2)14-3-5-15(6-4-14)22(19,20)17-11-16(12-18)7-9-21-10-8-16/h3-6,13,17-18H,7-12H2,1-2H3. The van der Waals surface area contributed by atoms with Crippen LogP contribution in [0.1, 0.15) is 38.2 Å². The van der Waals surface area contributed by atoms with E-state index >= 15 is 0 Å². The summed E-state index contributed by atoms with van der Waals surface area (Å²) in [5, 5.41) is 9.62. The van der Waals surface area contributed by atoms with Crippen LogP contribution in [0.15, 0.2) is 29.2 Å². The summed E-state index contributed by atoms with van der Waals surface area (Å²) in [6.07, 6.45) is 1.33. The first-order valence-corrected chi connectivity index (χ1v) is 9.15. The zero-order valence-electron chi connectivity index (χ0n) is 13.2. The Morgan fingerprint density at radius 1 is 1.23 bits per heavy atom. The Kier molecular flexibility index (Phi) is 5.60. The number of aliphatic hydroxyl groups excluding tert-OH is 1. The van der Waals surface area contributed by atoms with E-state index in [-0.39, 0.29) is 18.0 Å². The Bertz CT molecular complexity index is 575. The fraction of sp³-hybridized carbons (Fsp3) is 0.625.